The molecule has 0 saturated heterocycles. The molecule has 2 aromatic heterocycles. The van der Waals surface area contributed by atoms with E-state index in [1.54, 1.807) is 24.5 Å². The van der Waals surface area contributed by atoms with Crippen LogP contribution >= 0.6 is 0 Å². The van der Waals surface area contributed by atoms with E-state index in [2.05, 4.69) is 10.3 Å². The molecule has 0 unspecified atom stereocenters. The maximum absolute atomic E-state index is 14.0. The molecule has 0 bridgehead atoms. The summed E-state index contributed by atoms with van der Waals surface area (Å²) in [6, 6.07) is 18.4. The number of fused-ring (bicyclic) bond motifs is 1. The summed E-state index contributed by atoms with van der Waals surface area (Å²) in [4.78, 5) is 8.78. The van der Waals surface area contributed by atoms with Crippen molar-refractivity contribution in [3.63, 3.8) is 0 Å². The average molecular weight is 345 g/mol. The number of para-hydroxylation sites is 1. The molecule has 4 aromatic rings. The lowest BCUT2D eigenvalue weighted by molar-refractivity contribution is 0.386. The van der Waals surface area contributed by atoms with Gasteiger partial charge in [-0.05, 0) is 36.4 Å². The van der Waals surface area contributed by atoms with Crippen LogP contribution in [0.5, 0.6) is 5.75 Å². The second-order valence-corrected chi connectivity index (χ2v) is 5.78. The van der Waals surface area contributed by atoms with Crippen LogP contribution in [0.1, 0.15) is 0 Å². The van der Waals surface area contributed by atoms with Crippen LogP contribution in [0.4, 0.5) is 15.8 Å². The number of ether oxygens (including phenoxy) is 1. The van der Waals surface area contributed by atoms with Gasteiger partial charge in [0.2, 0.25) is 0 Å². The molecule has 0 aliphatic rings. The molecule has 0 fully saturated rings. The molecule has 2 aromatic carbocycles. The number of methoxy groups -OCH3 is 1. The Morgan fingerprint density at radius 3 is 2.54 bits per heavy atom. The van der Waals surface area contributed by atoms with Crippen molar-refractivity contribution >= 4 is 22.3 Å². The van der Waals surface area contributed by atoms with Gasteiger partial charge in [-0.25, -0.2) is 9.37 Å². The molecule has 0 atom stereocenters. The number of anilines is 2. The molecule has 1 N–H and O–H groups in total. The zero-order valence-corrected chi connectivity index (χ0v) is 14.1. The molecule has 0 saturated carbocycles. The number of pyridine rings is 2. The van der Waals surface area contributed by atoms with E-state index in [1.807, 2.05) is 42.5 Å². The highest BCUT2D eigenvalue weighted by Crippen LogP contribution is 2.31. The molecule has 2 heterocycles. The van der Waals surface area contributed by atoms with E-state index in [1.165, 1.54) is 13.2 Å². The quantitative estimate of drug-likeness (QED) is 0.553. The van der Waals surface area contributed by atoms with E-state index in [9.17, 15) is 4.39 Å². The summed E-state index contributed by atoms with van der Waals surface area (Å²) < 4.78 is 19.0. The topological polar surface area (TPSA) is 47.0 Å². The fourth-order valence-electron chi connectivity index (χ4n) is 2.85. The first kappa shape index (κ1) is 16.0. The van der Waals surface area contributed by atoms with Crippen molar-refractivity contribution in [2.24, 2.45) is 0 Å². The molecule has 0 radical (unpaired) electrons. The van der Waals surface area contributed by atoms with Gasteiger partial charge in [0.15, 0.2) is 11.6 Å². The van der Waals surface area contributed by atoms with Crippen molar-refractivity contribution in [1.82, 2.24) is 9.97 Å². The Labute approximate surface area is 150 Å². The highest BCUT2D eigenvalue weighted by atomic mass is 19.1. The minimum Gasteiger partial charge on any atom is -0.494 e. The molecule has 4 rings (SSSR count). The zero-order valence-electron chi connectivity index (χ0n) is 14.1. The van der Waals surface area contributed by atoms with Crippen LogP contribution < -0.4 is 10.1 Å². The van der Waals surface area contributed by atoms with Gasteiger partial charge in [0, 0.05) is 35.1 Å². The predicted octanol–water partition coefficient (Wildman–Crippen LogP) is 5.19. The van der Waals surface area contributed by atoms with Crippen molar-refractivity contribution in [1.29, 1.82) is 0 Å². The summed E-state index contributed by atoms with van der Waals surface area (Å²) in [6.45, 7) is 0. The van der Waals surface area contributed by atoms with E-state index in [0.29, 0.717) is 5.69 Å². The van der Waals surface area contributed by atoms with Crippen molar-refractivity contribution in [3.05, 3.63) is 78.9 Å². The Balaban J connectivity index is 1.82. The van der Waals surface area contributed by atoms with Crippen LogP contribution in [0, 0.1) is 5.82 Å². The van der Waals surface area contributed by atoms with Crippen LogP contribution in [0.3, 0.4) is 0 Å². The van der Waals surface area contributed by atoms with Crippen LogP contribution in [-0.2, 0) is 0 Å². The first-order chi connectivity index (χ1) is 12.7. The average Bonchev–Trinajstić information content (AvgIpc) is 2.69. The van der Waals surface area contributed by atoms with Gasteiger partial charge in [-0.15, -0.1) is 0 Å². The maximum atomic E-state index is 14.0. The molecule has 0 aliphatic carbocycles. The van der Waals surface area contributed by atoms with Crippen molar-refractivity contribution in [3.8, 4) is 17.0 Å². The van der Waals surface area contributed by atoms with Gasteiger partial charge in [0.1, 0.15) is 0 Å². The lowest BCUT2D eigenvalue weighted by Crippen LogP contribution is -1.96. The Bertz CT molecular complexity index is 1070. The fourth-order valence-corrected chi connectivity index (χ4v) is 2.85. The molecular formula is C21H16FN3O. The van der Waals surface area contributed by atoms with E-state index < -0.39 is 5.82 Å². The second-order valence-electron chi connectivity index (χ2n) is 5.78. The summed E-state index contributed by atoms with van der Waals surface area (Å²) in [6.07, 6.45) is 3.47. The standard InChI is InChI=1S/C21H16FN3O/c1-26-21-7-6-15(12-17(21)22)24-20-13-19(14-8-10-23-11-9-14)25-18-5-3-2-4-16(18)20/h2-13H,1H3,(H,24,25). The highest BCUT2D eigenvalue weighted by Gasteiger charge is 2.09. The van der Waals surface area contributed by atoms with E-state index in [0.717, 1.165) is 27.8 Å². The first-order valence-electron chi connectivity index (χ1n) is 8.15. The summed E-state index contributed by atoms with van der Waals surface area (Å²) in [5.41, 5.74) is 4.14. The van der Waals surface area contributed by atoms with Gasteiger partial charge in [-0.1, -0.05) is 18.2 Å². The first-order valence-corrected chi connectivity index (χ1v) is 8.15. The number of nitrogens with one attached hydrogen (secondary N) is 1. The molecule has 26 heavy (non-hydrogen) atoms. The Hall–Kier alpha value is -3.47. The van der Waals surface area contributed by atoms with Crippen LogP contribution in [0.25, 0.3) is 22.2 Å². The van der Waals surface area contributed by atoms with Crippen molar-refractivity contribution in [2.75, 3.05) is 12.4 Å². The summed E-state index contributed by atoms with van der Waals surface area (Å²) >= 11 is 0. The molecule has 0 amide bonds. The smallest absolute Gasteiger partial charge is 0.167 e. The Kier molecular flexibility index (Phi) is 4.19. The molecule has 4 nitrogen and oxygen atoms in total. The summed E-state index contributed by atoms with van der Waals surface area (Å²) in [5.74, 6) is -0.196. The van der Waals surface area contributed by atoms with Gasteiger partial charge in [0.05, 0.1) is 24.0 Å². The normalized spacial score (nSPS) is 10.7. The number of hydrogen-bond acceptors (Lipinski definition) is 4. The summed E-state index contributed by atoms with van der Waals surface area (Å²) in [7, 11) is 1.45. The minimum absolute atomic E-state index is 0.215. The third kappa shape index (κ3) is 3.07. The number of nitrogens with zero attached hydrogens (tertiary/aromatic N) is 2. The molecule has 0 spiro atoms. The van der Waals surface area contributed by atoms with Crippen LogP contribution in [-0.4, -0.2) is 17.1 Å². The highest BCUT2D eigenvalue weighted by molar-refractivity contribution is 5.95. The number of aromatic nitrogens is 2. The Morgan fingerprint density at radius 1 is 0.962 bits per heavy atom. The van der Waals surface area contributed by atoms with Gasteiger partial charge >= 0.3 is 0 Å². The Morgan fingerprint density at radius 2 is 1.77 bits per heavy atom. The van der Waals surface area contributed by atoms with E-state index in [-0.39, 0.29) is 5.75 Å². The van der Waals surface area contributed by atoms with Gasteiger partial charge in [-0.2, -0.15) is 0 Å². The number of halogens is 1. The number of hydrogen-bond donors (Lipinski definition) is 1. The monoisotopic (exact) mass is 345 g/mol. The molecular weight excluding hydrogens is 329 g/mol. The van der Waals surface area contributed by atoms with Gasteiger partial charge in [0.25, 0.3) is 0 Å². The zero-order chi connectivity index (χ0) is 17.9. The van der Waals surface area contributed by atoms with Crippen molar-refractivity contribution < 1.29 is 9.13 Å². The van der Waals surface area contributed by atoms with E-state index in [4.69, 9.17) is 9.72 Å². The fraction of sp³-hybridized carbons (Fsp3) is 0.0476. The predicted molar refractivity (Wildman–Crippen MR) is 101 cm³/mol. The van der Waals surface area contributed by atoms with Crippen molar-refractivity contribution in [2.45, 2.75) is 0 Å². The van der Waals surface area contributed by atoms with Crippen LogP contribution in [0.15, 0.2) is 73.1 Å². The van der Waals surface area contributed by atoms with Gasteiger partial charge < -0.3 is 10.1 Å². The molecule has 128 valence electrons. The summed E-state index contributed by atoms with van der Waals surface area (Å²) in [5, 5.41) is 4.26. The maximum Gasteiger partial charge on any atom is 0.167 e. The van der Waals surface area contributed by atoms with Gasteiger partial charge in [-0.3, -0.25) is 4.98 Å². The third-order valence-electron chi connectivity index (χ3n) is 4.12. The lowest BCUT2D eigenvalue weighted by Gasteiger charge is -2.13. The van der Waals surface area contributed by atoms with E-state index >= 15 is 0 Å². The molecule has 0 aliphatic heterocycles. The second kappa shape index (κ2) is 6.80. The molecule has 5 heteroatoms. The van der Waals surface area contributed by atoms with Crippen LogP contribution in [0.2, 0.25) is 0 Å². The number of benzene rings is 2. The minimum atomic E-state index is -0.412. The number of rotatable bonds is 4. The largest absolute Gasteiger partial charge is 0.494 e. The third-order valence-corrected chi connectivity index (χ3v) is 4.12. The SMILES string of the molecule is COc1ccc(Nc2cc(-c3ccncc3)nc3ccccc23)cc1F. The lowest BCUT2D eigenvalue weighted by atomic mass is 10.1.